The normalized spacial score (nSPS) is 15.1. The minimum absolute atomic E-state index is 0.145. The maximum Gasteiger partial charge on any atom is 0.295 e. The maximum absolute atomic E-state index is 13.7. The second kappa shape index (κ2) is 9.10. The number of carbonyl (C=O) groups is 2. The molecule has 0 spiro atoms. The lowest BCUT2D eigenvalue weighted by molar-refractivity contribution is -0.123. The fourth-order valence-electron chi connectivity index (χ4n) is 4.59. The lowest BCUT2D eigenvalue weighted by Crippen LogP contribution is -2.46. The van der Waals surface area contributed by atoms with Gasteiger partial charge in [-0.2, -0.15) is 0 Å². The van der Waals surface area contributed by atoms with Gasteiger partial charge in [-0.1, -0.05) is 36.6 Å². The van der Waals surface area contributed by atoms with E-state index in [9.17, 15) is 9.59 Å². The van der Waals surface area contributed by atoms with E-state index in [2.05, 4.69) is 5.32 Å². The number of anilines is 1. The van der Waals surface area contributed by atoms with Crippen molar-refractivity contribution < 1.29 is 14.0 Å². The van der Waals surface area contributed by atoms with Crippen LogP contribution in [0.3, 0.4) is 0 Å². The molecule has 2 amide bonds. The average molecular weight is 437 g/mol. The number of furan rings is 1. The summed E-state index contributed by atoms with van der Waals surface area (Å²) in [6.45, 7) is 6.00. The Labute approximate surface area is 187 Å². The molecule has 162 valence electrons. The third-order valence-electron chi connectivity index (χ3n) is 5.85. The Balaban J connectivity index is 1.84. The van der Waals surface area contributed by atoms with Crippen LogP contribution >= 0.6 is 11.3 Å². The van der Waals surface area contributed by atoms with Gasteiger partial charge in [-0.15, -0.1) is 11.3 Å². The molecule has 0 bridgehead atoms. The van der Waals surface area contributed by atoms with E-state index in [4.69, 9.17) is 4.42 Å². The van der Waals surface area contributed by atoms with Crippen LogP contribution < -0.4 is 10.2 Å². The van der Waals surface area contributed by atoms with Crippen LogP contribution in [-0.2, 0) is 4.79 Å². The molecule has 1 N–H and O–H groups in total. The molecule has 6 heteroatoms. The third-order valence-corrected chi connectivity index (χ3v) is 6.77. The van der Waals surface area contributed by atoms with Gasteiger partial charge in [0, 0.05) is 10.9 Å². The van der Waals surface area contributed by atoms with Gasteiger partial charge in [0.2, 0.25) is 5.91 Å². The molecule has 1 atom stereocenters. The zero-order valence-electron chi connectivity index (χ0n) is 18.2. The minimum Gasteiger partial charge on any atom is -0.459 e. The van der Waals surface area contributed by atoms with Crippen LogP contribution in [0.25, 0.3) is 0 Å². The first-order chi connectivity index (χ1) is 15.0. The first kappa shape index (κ1) is 21.4. The Bertz CT molecular complexity index is 1030. The number of hydrogen-bond donors (Lipinski definition) is 1. The summed E-state index contributed by atoms with van der Waals surface area (Å²) >= 11 is 1.48. The van der Waals surface area contributed by atoms with E-state index in [0.717, 1.165) is 52.9 Å². The standard InChI is InChI=1S/C25H28N2O3S/c1-16-14-17(2)22(18(3)15-16)27(25(29)20-10-6-12-30-20)23(21-11-7-13-31-21)24(28)26-19-8-4-5-9-19/h6-7,10-15,19,23H,4-5,8-9H2,1-3H3,(H,26,28). The van der Waals surface area contributed by atoms with Crippen molar-refractivity contribution in [2.24, 2.45) is 0 Å². The summed E-state index contributed by atoms with van der Waals surface area (Å²) in [4.78, 5) is 29.8. The highest BCUT2D eigenvalue weighted by molar-refractivity contribution is 7.10. The molecule has 0 radical (unpaired) electrons. The molecule has 4 rings (SSSR count). The summed E-state index contributed by atoms with van der Waals surface area (Å²) in [7, 11) is 0. The van der Waals surface area contributed by atoms with Gasteiger partial charge in [-0.3, -0.25) is 14.5 Å². The number of rotatable bonds is 6. The van der Waals surface area contributed by atoms with Gasteiger partial charge in [-0.05, 0) is 68.3 Å². The summed E-state index contributed by atoms with van der Waals surface area (Å²) in [5.41, 5.74) is 3.78. The first-order valence-corrected chi connectivity index (χ1v) is 11.6. The van der Waals surface area contributed by atoms with Crippen molar-refractivity contribution in [3.05, 3.63) is 75.4 Å². The maximum atomic E-state index is 13.7. The Kier molecular flexibility index (Phi) is 6.28. The van der Waals surface area contributed by atoms with Gasteiger partial charge < -0.3 is 9.73 Å². The summed E-state index contributed by atoms with van der Waals surface area (Å²) in [6.07, 6.45) is 5.70. The highest BCUT2D eigenvalue weighted by Gasteiger charge is 2.37. The van der Waals surface area contributed by atoms with Crippen molar-refractivity contribution in [2.45, 2.75) is 58.5 Å². The number of nitrogens with zero attached hydrogens (tertiary/aromatic N) is 1. The van der Waals surface area contributed by atoms with Crippen LogP contribution in [0.5, 0.6) is 0 Å². The highest BCUT2D eigenvalue weighted by atomic mass is 32.1. The monoisotopic (exact) mass is 436 g/mol. The van der Waals surface area contributed by atoms with E-state index in [1.54, 1.807) is 17.0 Å². The SMILES string of the molecule is Cc1cc(C)c(N(C(=O)c2ccco2)C(C(=O)NC2CCCC2)c2cccs2)c(C)c1. The molecule has 2 aromatic heterocycles. The van der Waals surface area contributed by atoms with E-state index >= 15 is 0 Å². The van der Waals surface area contributed by atoms with Crippen LogP contribution in [0, 0.1) is 20.8 Å². The molecule has 1 aliphatic carbocycles. The van der Waals surface area contributed by atoms with Gasteiger partial charge in [0.1, 0.15) is 0 Å². The molecule has 1 aliphatic rings. The largest absolute Gasteiger partial charge is 0.459 e. The zero-order chi connectivity index (χ0) is 22.0. The number of aryl methyl sites for hydroxylation is 3. The van der Waals surface area contributed by atoms with E-state index < -0.39 is 6.04 Å². The molecule has 0 saturated heterocycles. The topological polar surface area (TPSA) is 62.6 Å². The summed E-state index contributed by atoms with van der Waals surface area (Å²) in [6, 6.07) is 10.7. The van der Waals surface area contributed by atoms with Crippen LogP contribution in [0.2, 0.25) is 0 Å². The molecule has 31 heavy (non-hydrogen) atoms. The Hall–Kier alpha value is -2.86. The van der Waals surface area contributed by atoms with Crippen LogP contribution in [-0.4, -0.2) is 17.9 Å². The van der Waals surface area contributed by atoms with E-state index in [1.807, 2.05) is 50.4 Å². The van der Waals surface area contributed by atoms with Gasteiger partial charge in [0.25, 0.3) is 5.91 Å². The molecule has 1 saturated carbocycles. The molecule has 1 fully saturated rings. The lowest BCUT2D eigenvalue weighted by Gasteiger charge is -2.33. The van der Waals surface area contributed by atoms with E-state index in [0.29, 0.717) is 0 Å². The lowest BCUT2D eigenvalue weighted by atomic mass is 10.0. The number of thiophene rings is 1. The fraction of sp³-hybridized carbons (Fsp3) is 0.360. The predicted octanol–water partition coefficient (Wildman–Crippen LogP) is 5.71. The number of benzene rings is 1. The molecular weight excluding hydrogens is 408 g/mol. The number of hydrogen-bond acceptors (Lipinski definition) is 4. The Morgan fingerprint density at radius 1 is 1.10 bits per heavy atom. The Morgan fingerprint density at radius 3 is 2.39 bits per heavy atom. The van der Waals surface area contributed by atoms with Crippen LogP contribution in [0.1, 0.15) is 63.8 Å². The predicted molar refractivity (Wildman–Crippen MR) is 124 cm³/mol. The number of nitrogens with one attached hydrogen (secondary N) is 1. The summed E-state index contributed by atoms with van der Waals surface area (Å²) in [5, 5.41) is 5.15. The second-order valence-electron chi connectivity index (χ2n) is 8.31. The van der Waals surface area contributed by atoms with Crippen molar-refractivity contribution >= 4 is 28.8 Å². The highest BCUT2D eigenvalue weighted by Crippen LogP contribution is 2.37. The van der Waals surface area contributed by atoms with Crippen molar-refractivity contribution in [3.63, 3.8) is 0 Å². The third kappa shape index (κ3) is 4.44. The summed E-state index contributed by atoms with van der Waals surface area (Å²) in [5.74, 6) is -0.247. The molecule has 5 nitrogen and oxygen atoms in total. The fourth-order valence-corrected chi connectivity index (χ4v) is 5.40. The minimum atomic E-state index is -0.765. The van der Waals surface area contributed by atoms with Crippen molar-refractivity contribution in [2.75, 3.05) is 4.90 Å². The van der Waals surface area contributed by atoms with E-state index in [1.165, 1.54) is 17.6 Å². The van der Waals surface area contributed by atoms with Gasteiger partial charge in [-0.25, -0.2) is 0 Å². The molecule has 3 aromatic rings. The average Bonchev–Trinajstić information content (AvgIpc) is 3.48. The summed E-state index contributed by atoms with van der Waals surface area (Å²) < 4.78 is 5.46. The Morgan fingerprint density at radius 2 is 1.81 bits per heavy atom. The molecule has 1 aromatic carbocycles. The molecule has 2 heterocycles. The van der Waals surface area contributed by atoms with Crippen molar-refractivity contribution in [1.82, 2.24) is 5.32 Å². The molecular formula is C25H28N2O3S. The van der Waals surface area contributed by atoms with Crippen LogP contribution in [0.15, 0.2) is 52.5 Å². The second-order valence-corrected chi connectivity index (χ2v) is 9.29. The zero-order valence-corrected chi connectivity index (χ0v) is 19.0. The van der Waals surface area contributed by atoms with E-state index in [-0.39, 0.29) is 23.6 Å². The van der Waals surface area contributed by atoms with Gasteiger partial charge in [0.05, 0.1) is 12.0 Å². The van der Waals surface area contributed by atoms with Crippen molar-refractivity contribution in [3.8, 4) is 0 Å². The van der Waals surface area contributed by atoms with Crippen LogP contribution in [0.4, 0.5) is 5.69 Å². The van der Waals surface area contributed by atoms with Gasteiger partial charge >= 0.3 is 0 Å². The molecule has 0 aliphatic heterocycles. The van der Waals surface area contributed by atoms with Gasteiger partial charge in [0.15, 0.2) is 11.8 Å². The number of carbonyl (C=O) groups excluding carboxylic acids is 2. The van der Waals surface area contributed by atoms with Crippen molar-refractivity contribution in [1.29, 1.82) is 0 Å². The number of amides is 2. The smallest absolute Gasteiger partial charge is 0.295 e. The molecule has 1 unspecified atom stereocenters. The first-order valence-electron chi connectivity index (χ1n) is 10.7. The quantitative estimate of drug-likeness (QED) is 0.538.